The molecule has 5 nitrogen and oxygen atoms in total. The number of amides is 1. The Hall–Kier alpha value is -2.37. The lowest BCUT2D eigenvalue weighted by Crippen LogP contribution is -2.23. The van der Waals surface area contributed by atoms with Gasteiger partial charge in [0, 0.05) is 23.5 Å². The van der Waals surface area contributed by atoms with Gasteiger partial charge in [-0.25, -0.2) is 0 Å². The summed E-state index contributed by atoms with van der Waals surface area (Å²) in [6, 6.07) is 14.5. The first kappa shape index (κ1) is 16.0. The Labute approximate surface area is 129 Å². The lowest BCUT2D eigenvalue weighted by molar-refractivity contribution is 0.102. The average molecular weight is 300 g/mol. The van der Waals surface area contributed by atoms with Gasteiger partial charge in [0.2, 0.25) is 0 Å². The molecule has 0 fully saturated rings. The van der Waals surface area contributed by atoms with Crippen molar-refractivity contribution in [1.82, 2.24) is 0 Å². The molecular weight excluding hydrogens is 280 g/mol. The largest absolute Gasteiger partial charge is 0.394 e. The molecule has 0 spiro atoms. The predicted molar refractivity (Wildman–Crippen MR) is 87.2 cm³/mol. The minimum Gasteiger partial charge on any atom is -0.394 e. The van der Waals surface area contributed by atoms with E-state index in [1.807, 2.05) is 25.1 Å². The van der Waals surface area contributed by atoms with Crippen LogP contribution in [0, 0.1) is 6.92 Å². The zero-order chi connectivity index (χ0) is 15.9. The van der Waals surface area contributed by atoms with Crippen LogP contribution in [-0.4, -0.2) is 35.4 Å². The molecule has 2 aromatic carbocycles. The third-order valence-electron chi connectivity index (χ3n) is 3.19. The first-order valence-electron chi connectivity index (χ1n) is 7.09. The molecule has 2 aromatic rings. The molecule has 1 unspecified atom stereocenters. The Bertz CT molecular complexity index is 626. The molecule has 0 heterocycles. The van der Waals surface area contributed by atoms with Crippen molar-refractivity contribution in [3.63, 3.8) is 0 Å². The van der Waals surface area contributed by atoms with Gasteiger partial charge in [0.25, 0.3) is 5.91 Å². The van der Waals surface area contributed by atoms with Crippen LogP contribution in [0.5, 0.6) is 0 Å². The van der Waals surface area contributed by atoms with Crippen LogP contribution in [0.1, 0.15) is 15.9 Å². The molecule has 0 saturated heterocycles. The van der Waals surface area contributed by atoms with Crippen LogP contribution in [0.25, 0.3) is 0 Å². The summed E-state index contributed by atoms with van der Waals surface area (Å²) in [5, 5.41) is 23.9. The van der Waals surface area contributed by atoms with E-state index >= 15 is 0 Å². The molecule has 0 radical (unpaired) electrons. The first-order chi connectivity index (χ1) is 10.6. The van der Waals surface area contributed by atoms with Crippen molar-refractivity contribution in [3.8, 4) is 0 Å². The van der Waals surface area contributed by atoms with Gasteiger partial charge in [-0.2, -0.15) is 0 Å². The SMILES string of the molecule is Cc1ccc(C(=O)Nc2cccc(NCC(O)CO)c2)cc1. The highest BCUT2D eigenvalue weighted by Crippen LogP contribution is 2.16. The number of rotatable bonds is 6. The Balaban J connectivity index is 2.00. The second-order valence-electron chi connectivity index (χ2n) is 5.12. The number of aliphatic hydroxyl groups is 2. The summed E-state index contributed by atoms with van der Waals surface area (Å²) in [5.74, 6) is -0.174. The molecule has 5 heteroatoms. The van der Waals surface area contributed by atoms with E-state index in [4.69, 9.17) is 5.11 Å². The van der Waals surface area contributed by atoms with Crippen LogP contribution in [0.3, 0.4) is 0 Å². The maximum atomic E-state index is 12.1. The van der Waals surface area contributed by atoms with Crippen molar-refractivity contribution in [2.75, 3.05) is 23.8 Å². The van der Waals surface area contributed by atoms with E-state index in [2.05, 4.69) is 10.6 Å². The molecule has 0 aliphatic carbocycles. The summed E-state index contributed by atoms with van der Waals surface area (Å²) in [6.45, 7) is 1.92. The quantitative estimate of drug-likeness (QED) is 0.658. The molecule has 1 amide bonds. The number of anilines is 2. The van der Waals surface area contributed by atoms with Gasteiger partial charge >= 0.3 is 0 Å². The zero-order valence-electron chi connectivity index (χ0n) is 12.4. The summed E-state index contributed by atoms with van der Waals surface area (Å²) in [7, 11) is 0. The minimum absolute atomic E-state index is 0.174. The van der Waals surface area contributed by atoms with Crippen molar-refractivity contribution in [3.05, 3.63) is 59.7 Å². The summed E-state index contributed by atoms with van der Waals surface area (Å²) < 4.78 is 0. The fourth-order valence-corrected chi connectivity index (χ4v) is 1.92. The van der Waals surface area contributed by atoms with E-state index in [1.165, 1.54) is 0 Å². The fraction of sp³-hybridized carbons (Fsp3) is 0.235. The summed E-state index contributed by atoms with van der Waals surface area (Å²) in [4.78, 5) is 12.1. The lowest BCUT2D eigenvalue weighted by atomic mass is 10.1. The molecule has 0 aliphatic heterocycles. The number of aryl methyl sites for hydroxylation is 1. The first-order valence-corrected chi connectivity index (χ1v) is 7.09. The molecule has 0 aromatic heterocycles. The van der Waals surface area contributed by atoms with Gasteiger partial charge in [0.15, 0.2) is 0 Å². The lowest BCUT2D eigenvalue weighted by Gasteiger charge is -2.12. The number of hydrogen-bond acceptors (Lipinski definition) is 4. The monoisotopic (exact) mass is 300 g/mol. The van der Waals surface area contributed by atoms with Crippen molar-refractivity contribution in [1.29, 1.82) is 0 Å². The van der Waals surface area contributed by atoms with Crippen LogP contribution < -0.4 is 10.6 Å². The van der Waals surface area contributed by atoms with Gasteiger partial charge in [-0.15, -0.1) is 0 Å². The van der Waals surface area contributed by atoms with Crippen molar-refractivity contribution >= 4 is 17.3 Å². The number of benzene rings is 2. The highest BCUT2D eigenvalue weighted by atomic mass is 16.3. The van der Waals surface area contributed by atoms with E-state index < -0.39 is 6.10 Å². The molecule has 0 bridgehead atoms. The summed E-state index contributed by atoms with van der Waals surface area (Å²) in [6.07, 6.45) is -0.814. The third kappa shape index (κ3) is 4.58. The Morgan fingerprint density at radius 1 is 1.14 bits per heavy atom. The second-order valence-corrected chi connectivity index (χ2v) is 5.12. The number of aliphatic hydroxyl groups excluding tert-OH is 2. The van der Waals surface area contributed by atoms with Gasteiger partial charge in [0.05, 0.1) is 12.7 Å². The average Bonchev–Trinajstić information content (AvgIpc) is 2.53. The van der Waals surface area contributed by atoms with E-state index in [1.54, 1.807) is 30.3 Å². The summed E-state index contributed by atoms with van der Waals surface area (Å²) >= 11 is 0. The number of carbonyl (C=O) groups is 1. The van der Waals surface area contributed by atoms with E-state index in [0.29, 0.717) is 11.3 Å². The molecule has 0 saturated carbocycles. The Kier molecular flexibility index (Phi) is 5.52. The second kappa shape index (κ2) is 7.59. The highest BCUT2D eigenvalue weighted by molar-refractivity contribution is 6.04. The number of nitrogens with one attached hydrogen (secondary N) is 2. The van der Waals surface area contributed by atoms with E-state index in [-0.39, 0.29) is 19.1 Å². The molecule has 1 atom stereocenters. The van der Waals surface area contributed by atoms with Gasteiger partial charge < -0.3 is 20.8 Å². The maximum Gasteiger partial charge on any atom is 0.255 e. The number of hydrogen-bond donors (Lipinski definition) is 4. The fourth-order valence-electron chi connectivity index (χ4n) is 1.92. The van der Waals surface area contributed by atoms with Gasteiger partial charge in [-0.1, -0.05) is 23.8 Å². The maximum absolute atomic E-state index is 12.1. The molecule has 116 valence electrons. The smallest absolute Gasteiger partial charge is 0.255 e. The van der Waals surface area contributed by atoms with Gasteiger partial charge in [-0.05, 0) is 37.3 Å². The van der Waals surface area contributed by atoms with Crippen LogP contribution in [0.15, 0.2) is 48.5 Å². The standard InChI is InChI=1S/C17H20N2O3/c1-12-5-7-13(8-6-12)17(22)19-15-4-2-3-14(9-15)18-10-16(21)11-20/h2-9,16,18,20-21H,10-11H2,1H3,(H,19,22). The third-order valence-corrected chi connectivity index (χ3v) is 3.19. The van der Waals surface area contributed by atoms with Crippen LogP contribution >= 0.6 is 0 Å². The van der Waals surface area contributed by atoms with Crippen LogP contribution in [0.2, 0.25) is 0 Å². The van der Waals surface area contributed by atoms with Crippen molar-refractivity contribution < 1.29 is 15.0 Å². The van der Waals surface area contributed by atoms with Gasteiger partial charge in [0.1, 0.15) is 0 Å². The molecule has 22 heavy (non-hydrogen) atoms. The highest BCUT2D eigenvalue weighted by Gasteiger charge is 2.06. The van der Waals surface area contributed by atoms with Crippen LogP contribution in [0.4, 0.5) is 11.4 Å². The minimum atomic E-state index is -0.814. The van der Waals surface area contributed by atoms with Gasteiger partial charge in [-0.3, -0.25) is 4.79 Å². The topological polar surface area (TPSA) is 81.6 Å². The predicted octanol–water partition coefficient (Wildman–Crippen LogP) is 2.01. The van der Waals surface area contributed by atoms with E-state index in [0.717, 1.165) is 11.3 Å². The van der Waals surface area contributed by atoms with Crippen LogP contribution in [-0.2, 0) is 0 Å². The van der Waals surface area contributed by atoms with E-state index in [9.17, 15) is 9.90 Å². The molecule has 2 rings (SSSR count). The Morgan fingerprint density at radius 2 is 1.82 bits per heavy atom. The molecular formula is C17H20N2O3. The molecule has 0 aliphatic rings. The molecule has 4 N–H and O–H groups in total. The number of carbonyl (C=O) groups excluding carboxylic acids is 1. The van der Waals surface area contributed by atoms with Crippen molar-refractivity contribution in [2.45, 2.75) is 13.0 Å². The Morgan fingerprint density at radius 3 is 2.50 bits per heavy atom. The summed E-state index contributed by atoms with van der Waals surface area (Å²) in [5.41, 5.74) is 3.12. The normalized spacial score (nSPS) is 11.8. The zero-order valence-corrected chi connectivity index (χ0v) is 12.4. The van der Waals surface area contributed by atoms with Crippen molar-refractivity contribution in [2.24, 2.45) is 0 Å².